The molecule has 0 radical (unpaired) electrons. The molecule has 0 aliphatic carbocycles. The number of para-hydroxylation sites is 2. The zero-order chi connectivity index (χ0) is 19.7. The van der Waals surface area contributed by atoms with Gasteiger partial charge in [0.05, 0.1) is 11.0 Å². The molecule has 0 aliphatic rings. The average Bonchev–Trinajstić information content (AvgIpc) is 2.67. The smallest absolute Gasteiger partial charge is 0.290 e. The summed E-state index contributed by atoms with van der Waals surface area (Å²) in [5.74, 6) is 0. The maximum atomic E-state index is 11.5. The van der Waals surface area contributed by atoms with Gasteiger partial charge in [0.1, 0.15) is 0 Å². The van der Waals surface area contributed by atoms with Crippen LogP contribution in [0, 0.1) is 0 Å². The Kier molecular flexibility index (Phi) is 4.04. The van der Waals surface area contributed by atoms with Gasteiger partial charge in [-0.25, -0.2) is 29.5 Å². The van der Waals surface area contributed by atoms with Crippen LogP contribution in [0.15, 0.2) is 55.8 Å². The fraction of sp³-hybridized carbons (Fsp3) is 0. The largest absolute Gasteiger partial charge is 0.327 e. The molecule has 0 spiro atoms. The van der Waals surface area contributed by atoms with E-state index in [-0.39, 0.29) is 22.3 Å². The second-order valence-electron chi connectivity index (χ2n) is 5.48. The molecular formula is C16H10N8O4. The highest BCUT2D eigenvalue weighted by molar-refractivity contribution is 5.83. The van der Waals surface area contributed by atoms with Crippen LogP contribution in [0.1, 0.15) is 0 Å². The summed E-state index contributed by atoms with van der Waals surface area (Å²) in [6.07, 6.45) is 2.79. The van der Waals surface area contributed by atoms with E-state index < -0.39 is 22.5 Å². The van der Waals surface area contributed by atoms with Crippen molar-refractivity contribution in [3.8, 4) is 0 Å². The van der Waals surface area contributed by atoms with E-state index in [4.69, 9.17) is 0 Å². The number of nitrogens with one attached hydrogen (secondary N) is 4. The van der Waals surface area contributed by atoms with Gasteiger partial charge < -0.3 is 0 Å². The van der Waals surface area contributed by atoms with Gasteiger partial charge in [0.2, 0.25) is 0 Å². The zero-order valence-electron chi connectivity index (χ0n) is 13.9. The van der Waals surface area contributed by atoms with Gasteiger partial charge >= 0.3 is 11.4 Å². The van der Waals surface area contributed by atoms with Crippen molar-refractivity contribution in [3.63, 3.8) is 0 Å². The van der Waals surface area contributed by atoms with E-state index in [1.165, 1.54) is 12.4 Å². The number of aromatic amines is 4. The van der Waals surface area contributed by atoms with Crippen LogP contribution in [0.25, 0.3) is 33.4 Å². The summed E-state index contributed by atoms with van der Waals surface area (Å²) in [5, 5.41) is 0. The third-order valence-electron chi connectivity index (χ3n) is 3.62. The molecule has 4 aromatic heterocycles. The van der Waals surface area contributed by atoms with Gasteiger partial charge in [-0.05, 0) is 12.1 Å². The molecule has 0 aliphatic heterocycles. The van der Waals surface area contributed by atoms with Gasteiger partial charge in [0.25, 0.3) is 11.1 Å². The molecule has 0 unspecified atom stereocenters. The maximum absolute atomic E-state index is 11.5. The molecule has 0 saturated carbocycles. The summed E-state index contributed by atoms with van der Waals surface area (Å²) < 4.78 is 0. The standard InChI is InChI=1S/C10H6N4O2.C6H4N4O2/c15-9-7-8(13-10(16)14-9)12-6-4-2-1-3-5(6)11-7;11-5-3-4(8-2-1-7-3)9-6(12)10-5/h1-4H,(H2,12,13,14,15,16);1-2H,(H2,8,9,10,11,12). The lowest BCUT2D eigenvalue weighted by atomic mass is 10.3. The van der Waals surface area contributed by atoms with E-state index in [0.717, 1.165) is 0 Å². The number of aromatic nitrogens is 8. The predicted octanol–water partition coefficient (Wildman–Crippen LogP) is -0.834. The van der Waals surface area contributed by atoms with Gasteiger partial charge in [-0.15, -0.1) is 0 Å². The summed E-state index contributed by atoms with van der Waals surface area (Å²) >= 11 is 0. The Hall–Kier alpha value is -4.48. The van der Waals surface area contributed by atoms with Crippen LogP contribution in [0.4, 0.5) is 0 Å². The summed E-state index contributed by atoms with van der Waals surface area (Å²) in [6.45, 7) is 0. The first-order valence-corrected chi connectivity index (χ1v) is 7.84. The molecule has 0 bridgehead atoms. The molecule has 1 aromatic carbocycles. The number of nitrogens with zero attached hydrogens (tertiary/aromatic N) is 4. The predicted molar refractivity (Wildman–Crippen MR) is 99.1 cm³/mol. The fourth-order valence-electron chi connectivity index (χ4n) is 2.44. The number of benzene rings is 1. The van der Waals surface area contributed by atoms with Crippen LogP contribution in [0.3, 0.4) is 0 Å². The molecule has 5 rings (SSSR count). The Labute approximate surface area is 152 Å². The Bertz CT molecular complexity index is 1560. The molecule has 0 amide bonds. The van der Waals surface area contributed by atoms with Crippen molar-refractivity contribution >= 4 is 33.4 Å². The minimum atomic E-state index is -0.581. The van der Waals surface area contributed by atoms with Crippen LogP contribution in [-0.2, 0) is 0 Å². The Balaban J connectivity index is 0.000000143. The van der Waals surface area contributed by atoms with Crippen LogP contribution >= 0.6 is 0 Å². The number of hydrogen-bond acceptors (Lipinski definition) is 8. The quantitative estimate of drug-likeness (QED) is 0.251. The van der Waals surface area contributed by atoms with Crippen molar-refractivity contribution in [1.82, 2.24) is 39.9 Å². The third-order valence-corrected chi connectivity index (χ3v) is 3.62. The molecule has 0 fully saturated rings. The summed E-state index contributed by atoms with van der Waals surface area (Å²) in [4.78, 5) is 69.0. The van der Waals surface area contributed by atoms with E-state index in [1.807, 2.05) is 17.1 Å². The Morgan fingerprint density at radius 3 is 1.89 bits per heavy atom. The molecule has 28 heavy (non-hydrogen) atoms. The van der Waals surface area contributed by atoms with E-state index in [0.29, 0.717) is 11.0 Å². The molecule has 138 valence electrons. The average molecular weight is 378 g/mol. The second kappa shape index (κ2) is 6.68. The van der Waals surface area contributed by atoms with Crippen molar-refractivity contribution in [2.24, 2.45) is 0 Å². The minimum Gasteiger partial charge on any atom is -0.290 e. The first-order chi connectivity index (χ1) is 13.5. The molecule has 12 nitrogen and oxygen atoms in total. The summed E-state index contributed by atoms with van der Waals surface area (Å²) in [7, 11) is 0. The third kappa shape index (κ3) is 3.16. The zero-order valence-corrected chi connectivity index (χ0v) is 13.9. The minimum absolute atomic E-state index is 0.136. The van der Waals surface area contributed by atoms with E-state index in [2.05, 4.69) is 34.9 Å². The Morgan fingerprint density at radius 2 is 1.18 bits per heavy atom. The van der Waals surface area contributed by atoms with Crippen molar-refractivity contribution in [1.29, 1.82) is 0 Å². The van der Waals surface area contributed by atoms with Crippen LogP contribution in [0.2, 0.25) is 0 Å². The van der Waals surface area contributed by atoms with Gasteiger partial charge in [-0.3, -0.25) is 29.5 Å². The number of rotatable bonds is 0. The maximum Gasteiger partial charge on any atom is 0.327 e. The van der Waals surface area contributed by atoms with Gasteiger partial charge in [-0.2, -0.15) is 0 Å². The first-order valence-electron chi connectivity index (χ1n) is 7.84. The van der Waals surface area contributed by atoms with Crippen molar-refractivity contribution in [3.05, 3.63) is 78.3 Å². The number of fused-ring (bicyclic) bond motifs is 3. The molecule has 12 heteroatoms. The highest BCUT2D eigenvalue weighted by Crippen LogP contribution is 2.10. The summed E-state index contributed by atoms with van der Waals surface area (Å²) in [6, 6.07) is 7.14. The lowest BCUT2D eigenvalue weighted by Gasteiger charge is -1.98. The van der Waals surface area contributed by atoms with E-state index in [9.17, 15) is 19.2 Å². The van der Waals surface area contributed by atoms with Crippen molar-refractivity contribution in [2.45, 2.75) is 0 Å². The molecule has 0 atom stereocenters. The molecule has 0 saturated heterocycles. The van der Waals surface area contributed by atoms with Crippen LogP contribution < -0.4 is 22.5 Å². The normalized spacial score (nSPS) is 10.7. The second-order valence-corrected chi connectivity index (χ2v) is 5.48. The first kappa shape index (κ1) is 17.0. The van der Waals surface area contributed by atoms with Crippen molar-refractivity contribution in [2.75, 3.05) is 0 Å². The van der Waals surface area contributed by atoms with Gasteiger partial charge in [0.15, 0.2) is 22.3 Å². The van der Waals surface area contributed by atoms with Gasteiger partial charge in [0, 0.05) is 12.4 Å². The molecule has 5 aromatic rings. The number of hydrogen-bond donors (Lipinski definition) is 4. The highest BCUT2D eigenvalue weighted by atomic mass is 16.2. The van der Waals surface area contributed by atoms with Crippen LogP contribution in [0.5, 0.6) is 0 Å². The monoisotopic (exact) mass is 378 g/mol. The molecule has 4 heterocycles. The molecule has 4 N–H and O–H groups in total. The fourth-order valence-corrected chi connectivity index (χ4v) is 2.44. The highest BCUT2D eigenvalue weighted by Gasteiger charge is 2.05. The lowest BCUT2D eigenvalue weighted by Crippen LogP contribution is -2.23. The van der Waals surface area contributed by atoms with E-state index >= 15 is 0 Å². The topological polar surface area (TPSA) is 183 Å². The number of H-pyrrole nitrogens is 4. The van der Waals surface area contributed by atoms with Crippen LogP contribution in [-0.4, -0.2) is 39.9 Å². The summed E-state index contributed by atoms with van der Waals surface area (Å²) in [5.41, 5.74) is -0.285. The van der Waals surface area contributed by atoms with Crippen molar-refractivity contribution < 1.29 is 0 Å². The van der Waals surface area contributed by atoms with Gasteiger partial charge in [-0.1, -0.05) is 12.1 Å². The Morgan fingerprint density at radius 1 is 0.607 bits per heavy atom. The lowest BCUT2D eigenvalue weighted by molar-refractivity contribution is 1.04. The SMILES string of the molecule is O=c1[nH]c(=O)c2nc3ccccc3nc2[nH]1.O=c1[nH]c(=O)c2nccnc2[nH]1. The van der Waals surface area contributed by atoms with E-state index in [1.54, 1.807) is 12.1 Å². The molecular weight excluding hydrogens is 368 g/mol.